The van der Waals surface area contributed by atoms with E-state index in [1.165, 1.54) is 92.5 Å². The van der Waals surface area contributed by atoms with E-state index in [9.17, 15) is 18.0 Å². The number of hydrogen-bond acceptors (Lipinski definition) is 8. The van der Waals surface area contributed by atoms with Crippen LogP contribution in [0.15, 0.2) is 76.8 Å². The number of thiazole rings is 1. The number of carbonyl (C=O) groups excluding carboxylic acids is 2. The first-order valence-corrected chi connectivity index (χ1v) is 16.9. The fourth-order valence-corrected chi connectivity index (χ4v) is 7.94. The first-order chi connectivity index (χ1) is 20.9. The number of piperidine rings is 1. The van der Waals surface area contributed by atoms with E-state index in [0.717, 1.165) is 28.4 Å². The van der Waals surface area contributed by atoms with Gasteiger partial charge in [0.05, 0.1) is 33.3 Å². The minimum Gasteiger partial charge on any atom is -0.347 e. The van der Waals surface area contributed by atoms with Gasteiger partial charge in [-0.05, 0) is 93.7 Å². The molecule has 0 aliphatic carbocycles. The molecule has 1 fully saturated rings. The molecule has 0 unspecified atom stereocenters. The lowest BCUT2D eigenvalue weighted by Crippen LogP contribution is -2.30. The number of nitrogens with zero attached hydrogens (tertiary/aromatic N) is 3. The average molecular weight is 616 g/mol. The third-order valence-corrected chi connectivity index (χ3v) is 10.7. The molecule has 2 N–H and O–H groups in total. The van der Waals surface area contributed by atoms with Gasteiger partial charge in [-0.25, -0.2) is 13.4 Å². The number of pyridine rings is 1. The Bertz CT molecular complexity index is 1750. The van der Waals surface area contributed by atoms with Crippen LogP contribution < -0.4 is 10.6 Å². The lowest BCUT2D eigenvalue weighted by Gasteiger charge is -2.26. The second kappa shape index (κ2) is 12.7. The summed E-state index contributed by atoms with van der Waals surface area (Å²) >= 11 is 1.45. The van der Waals surface area contributed by atoms with Crippen LogP contribution in [0.2, 0.25) is 0 Å². The highest BCUT2D eigenvalue weighted by Gasteiger charge is 2.31. The van der Waals surface area contributed by atoms with Crippen LogP contribution in [0, 0.1) is 0 Å². The van der Waals surface area contributed by atoms with Gasteiger partial charge in [0, 0.05) is 22.8 Å². The summed E-state index contributed by atoms with van der Waals surface area (Å²) in [5.74, 6) is -0.934. The molecule has 1 saturated heterocycles. The van der Waals surface area contributed by atoms with Gasteiger partial charge in [0.2, 0.25) is 9.84 Å². The quantitative estimate of drug-likeness (QED) is 0.244. The van der Waals surface area contributed by atoms with Crippen LogP contribution in [-0.4, -0.2) is 54.7 Å². The monoisotopic (exact) mass is 615 g/mol. The van der Waals surface area contributed by atoms with E-state index in [1.54, 1.807) is 18.3 Å². The predicted octanol–water partition coefficient (Wildman–Crippen LogP) is 5.34. The van der Waals surface area contributed by atoms with Crippen LogP contribution >= 0.6 is 11.3 Å². The largest absolute Gasteiger partial charge is 0.347 e. The van der Waals surface area contributed by atoms with E-state index in [0.29, 0.717) is 0 Å². The summed E-state index contributed by atoms with van der Waals surface area (Å²) in [4.78, 5) is 38.1. The van der Waals surface area contributed by atoms with Crippen molar-refractivity contribution in [3.8, 4) is 10.7 Å². The number of amides is 2. The van der Waals surface area contributed by atoms with Gasteiger partial charge >= 0.3 is 0 Å². The Morgan fingerprint density at radius 1 is 0.953 bits per heavy atom. The van der Waals surface area contributed by atoms with Crippen LogP contribution in [0.1, 0.15) is 63.3 Å². The molecule has 2 amide bonds. The molecule has 2 aromatic heterocycles. The number of aryl methyl sites for hydroxylation is 1. The van der Waals surface area contributed by atoms with Crippen molar-refractivity contribution in [2.24, 2.45) is 0 Å². The Morgan fingerprint density at radius 2 is 1.79 bits per heavy atom. The van der Waals surface area contributed by atoms with Gasteiger partial charge in [0.15, 0.2) is 0 Å². The van der Waals surface area contributed by atoms with Gasteiger partial charge in [0.25, 0.3) is 11.8 Å². The number of anilines is 1. The van der Waals surface area contributed by atoms with E-state index < -0.39 is 21.7 Å². The predicted molar refractivity (Wildman–Crippen MR) is 166 cm³/mol. The molecule has 6 rings (SSSR count). The summed E-state index contributed by atoms with van der Waals surface area (Å²) in [5, 5.41) is 6.28. The second-order valence-corrected chi connectivity index (χ2v) is 13.9. The van der Waals surface area contributed by atoms with Gasteiger partial charge in [-0.1, -0.05) is 24.6 Å². The summed E-state index contributed by atoms with van der Waals surface area (Å²) in [6, 6.07) is 14.4. The zero-order valence-corrected chi connectivity index (χ0v) is 25.3. The smallest absolute Gasteiger partial charge is 0.257 e. The normalized spacial score (nSPS) is 16.0. The zero-order valence-electron chi connectivity index (χ0n) is 23.7. The van der Waals surface area contributed by atoms with Crippen LogP contribution in [0.4, 0.5) is 5.69 Å². The SMILES string of the molecule is O=C(NCc1cnc(-c2ccc(CCCCN3CCCCC3)cn2)s1)c1ccc2c(c1)NC(=O)c1ccccc1S2(=O)=O. The number of sulfone groups is 1. The highest BCUT2D eigenvalue weighted by atomic mass is 32.2. The maximum Gasteiger partial charge on any atom is 0.257 e. The molecule has 222 valence electrons. The Labute approximate surface area is 255 Å². The Hall–Kier alpha value is -3.93. The van der Waals surface area contributed by atoms with Crippen LogP contribution in [-0.2, 0) is 22.8 Å². The summed E-state index contributed by atoms with van der Waals surface area (Å²) < 4.78 is 26.4. The fraction of sp³-hybridized carbons (Fsp3) is 0.312. The van der Waals surface area contributed by atoms with Gasteiger partial charge < -0.3 is 15.5 Å². The number of aromatic nitrogens is 2. The third-order valence-electron chi connectivity index (χ3n) is 7.86. The fourth-order valence-electron chi connectivity index (χ4n) is 5.52. The maximum absolute atomic E-state index is 13.2. The molecular weight excluding hydrogens is 583 g/mol. The molecule has 2 aromatic carbocycles. The van der Waals surface area contributed by atoms with Crippen molar-refractivity contribution in [3.05, 3.63) is 88.6 Å². The van der Waals surface area contributed by atoms with Crippen molar-refractivity contribution in [2.75, 3.05) is 25.0 Å². The van der Waals surface area contributed by atoms with Crippen molar-refractivity contribution in [1.82, 2.24) is 20.2 Å². The number of fused-ring (bicyclic) bond motifs is 2. The molecular formula is C32H33N5O4S2. The van der Waals surface area contributed by atoms with E-state index in [1.807, 2.05) is 12.3 Å². The molecule has 0 spiro atoms. The van der Waals surface area contributed by atoms with Gasteiger partial charge in [-0.2, -0.15) is 0 Å². The Morgan fingerprint density at radius 3 is 2.60 bits per heavy atom. The first kappa shape index (κ1) is 29.2. The topological polar surface area (TPSA) is 121 Å². The summed E-state index contributed by atoms with van der Waals surface area (Å²) in [7, 11) is -3.93. The van der Waals surface area contributed by atoms with Crippen LogP contribution in [0.5, 0.6) is 0 Å². The van der Waals surface area contributed by atoms with Gasteiger partial charge in [0.1, 0.15) is 5.01 Å². The minimum atomic E-state index is -3.93. The van der Waals surface area contributed by atoms with Crippen molar-refractivity contribution < 1.29 is 18.0 Å². The lowest BCUT2D eigenvalue weighted by molar-refractivity contribution is 0.0949. The average Bonchev–Trinajstić information content (AvgIpc) is 3.49. The van der Waals surface area contributed by atoms with Gasteiger partial charge in [-0.3, -0.25) is 14.6 Å². The summed E-state index contributed by atoms with van der Waals surface area (Å²) in [6.45, 7) is 3.92. The molecule has 4 heterocycles. The third kappa shape index (κ3) is 6.53. The number of benzene rings is 2. The van der Waals surface area contributed by atoms with E-state index in [-0.39, 0.29) is 33.2 Å². The van der Waals surface area contributed by atoms with E-state index in [2.05, 4.69) is 31.6 Å². The lowest BCUT2D eigenvalue weighted by atomic mass is 10.1. The molecule has 11 heteroatoms. The molecule has 43 heavy (non-hydrogen) atoms. The van der Waals surface area contributed by atoms with Crippen LogP contribution in [0.25, 0.3) is 10.7 Å². The van der Waals surface area contributed by atoms with Crippen molar-refractivity contribution >= 4 is 38.7 Å². The highest BCUT2D eigenvalue weighted by molar-refractivity contribution is 7.91. The number of hydrogen-bond donors (Lipinski definition) is 2. The second-order valence-electron chi connectivity index (χ2n) is 10.9. The summed E-state index contributed by atoms with van der Waals surface area (Å²) in [6.07, 6.45) is 11.0. The number of unbranched alkanes of at least 4 members (excludes halogenated alkanes) is 1. The standard InChI is InChI=1S/C32H33N5O4S2/c38-30(23-12-14-29-27(18-23)36-31(39)25-9-2-3-10-28(25)43(29,40)41)34-20-24-21-35-32(42-24)26-13-11-22(19-33-26)8-4-7-17-37-15-5-1-6-16-37/h2-3,9-14,18-19,21H,1,4-8,15-17,20H2,(H,34,38)(H,36,39). The molecule has 0 atom stereocenters. The molecule has 0 radical (unpaired) electrons. The van der Waals surface area contributed by atoms with E-state index in [4.69, 9.17) is 0 Å². The number of carbonyl (C=O) groups is 2. The van der Waals surface area contributed by atoms with E-state index >= 15 is 0 Å². The molecule has 2 aliphatic heterocycles. The highest BCUT2D eigenvalue weighted by Crippen LogP contribution is 2.34. The zero-order chi connectivity index (χ0) is 29.8. The number of nitrogens with one attached hydrogen (secondary N) is 2. The Balaban J connectivity index is 1.04. The summed E-state index contributed by atoms with van der Waals surface area (Å²) in [5.41, 5.74) is 2.39. The first-order valence-electron chi connectivity index (χ1n) is 14.6. The number of likely N-dealkylation sites (tertiary alicyclic amines) is 1. The molecule has 0 bridgehead atoms. The Kier molecular flexibility index (Phi) is 8.64. The maximum atomic E-state index is 13.2. The molecule has 2 aliphatic rings. The number of rotatable bonds is 9. The van der Waals surface area contributed by atoms with Crippen molar-refractivity contribution in [1.29, 1.82) is 0 Å². The minimum absolute atomic E-state index is 0.0505. The molecule has 0 saturated carbocycles. The van der Waals surface area contributed by atoms with Crippen molar-refractivity contribution in [3.63, 3.8) is 0 Å². The van der Waals surface area contributed by atoms with Crippen LogP contribution in [0.3, 0.4) is 0 Å². The van der Waals surface area contributed by atoms with Crippen molar-refractivity contribution in [2.45, 2.75) is 54.9 Å². The molecule has 4 aromatic rings. The molecule has 9 nitrogen and oxygen atoms in total. The van der Waals surface area contributed by atoms with Gasteiger partial charge in [-0.15, -0.1) is 11.3 Å².